The molecule has 0 bridgehead atoms. The van der Waals surface area contributed by atoms with Crippen LogP contribution in [0, 0.1) is 11.8 Å². The molecule has 1 aromatic rings. The lowest BCUT2D eigenvalue weighted by molar-refractivity contribution is 0.264. The van der Waals surface area contributed by atoms with Gasteiger partial charge in [0.05, 0.1) is 0 Å². The lowest BCUT2D eigenvalue weighted by Gasteiger charge is -2.21. The van der Waals surface area contributed by atoms with E-state index in [9.17, 15) is 0 Å². The number of rotatable bonds is 5. The summed E-state index contributed by atoms with van der Waals surface area (Å²) in [5.74, 6) is 1.77. The molecule has 1 fully saturated rings. The molecule has 2 rings (SSSR count). The Kier molecular flexibility index (Phi) is 6.06. The quantitative estimate of drug-likeness (QED) is 0.881. The average molecular weight is 274 g/mol. The van der Waals surface area contributed by atoms with Gasteiger partial charge in [0.2, 0.25) is 0 Å². The second-order valence-corrected chi connectivity index (χ2v) is 6.56. The zero-order chi connectivity index (χ0) is 14.4. The second kappa shape index (κ2) is 7.80. The van der Waals surface area contributed by atoms with E-state index in [1.165, 1.54) is 43.5 Å². The molecule has 1 heterocycles. The molecule has 1 aliphatic rings. The monoisotopic (exact) mass is 274 g/mol. The van der Waals surface area contributed by atoms with Crippen LogP contribution in [0.25, 0.3) is 0 Å². The van der Waals surface area contributed by atoms with E-state index in [0.29, 0.717) is 0 Å². The first-order valence-corrected chi connectivity index (χ1v) is 8.14. The second-order valence-electron chi connectivity index (χ2n) is 6.56. The number of likely N-dealkylation sites (tertiary alicyclic amines) is 1. The van der Waals surface area contributed by atoms with Gasteiger partial charge in [-0.25, -0.2) is 0 Å². The van der Waals surface area contributed by atoms with Crippen molar-refractivity contribution in [2.75, 3.05) is 20.1 Å². The van der Waals surface area contributed by atoms with Crippen molar-refractivity contribution in [3.63, 3.8) is 0 Å². The number of benzene rings is 1. The third-order valence-corrected chi connectivity index (χ3v) is 4.59. The molecular formula is C18H30N2. The van der Waals surface area contributed by atoms with Crippen LogP contribution in [0.5, 0.6) is 0 Å². The van der Waals surface area contributed by atoms with Crippen LogP contribution in [0.2, 0.25) is 0 Å². The van der Waals surface area contributed by atoms with Gasteiger partial charge in [-0.05, 0) is 62.4 Å². The summed E-state index contributed by atoms with van der Waals surface area (Å²) in [6, 6.07) is 9.01. The Labute approximate surface area is 124 Å². The molecule has 112 valence electrons. The summed E-state index contributed by atoms with van der Waals surface area (Å²) in [7, 11) is 2.01. The maximum absolute atomic E-state index is 3.23. The van der Waals surface area contributed by atoms with Gasteiger partial charge in [-0.1, -0.05) is 38.1 Å². The summed E-state index contributed by atoms with van der Waals surface area (Å²) in [5.41, 5.74) is 2.85. The average Bonchev–Trinajstić information content (AvgIpc) is 2.65. The first-order valence-electron chi connectivity index (χ1n) is 8.14. The van der Waals surface area contributed by atoms with E-state index in [1.807, 2.05) is 7.05 Å². The Morgan fingerprint density at radius 1 is 1.20 bits per heavy atom. The predicted molar refractivity (Wildman–Crippen MR) is 86.7 cm³/mol. The Balaban J connectivity index is 1.91. The topological polar surface area (TPSA) is 15.3 Å². The summed E-state index contributed by atoms with van der Waals surface area (Å²) in [5, 5.41) is 3.23. The van der Waals surface area contributed by atoms with E-state index in [4.69, 9.17) is 0 Å². The normalized spacial score (nSPS) is 21.1. The summed E-state index contributed by atoms with van der Waals surface area (Å²) in [6.45, 7) is 9.35. The van der Waals surface area contributed by atoms with Crippen LogP contribution in [-0.2, 0) is 13.1 Å². The predicted octanol–water partition coefficient (Wildman–Crippen LogP) is 3.66. The zero-order valence-corrected chi connectivity index (χ0v) is 13.4. The van der Waals surface area contributed by atoms with E-state index >= 15 is 0 Å². The molecule has 20 heavy (non-hydrogen) atoms. The highest BCUT2D eigenvalue weighted by Crippen LogP contribution is 2.25. The molecule has 0 saturated carbocycles. The third-order valence-electron chi connectivity index (χ3n) is 4.59. The van der Waals surface area contributed by atoms with E-state index in [2.05, 4.69) is 48.3 Å². The van der Waals surface area contributed by atoms with Crippen molar-refractivity contribution in [3.05, 3.63) is 35.4 Å². The highest BCUT2D eigenvalue weighted by Gasteiger charge is 2.19. The zero-order valence-electron chi connectivity index (χ0n) is 13.4. The Bertz CT molecular complexity index is 400. The number of nitrogens with one attached hydrogen (secondary N) is 1. The van der Waals surface area contributed by atoms with Crippen LogP contribution in [0.4, 0.5) is 0 Å². The first-order chi connectivity index (χ1) is 9.69. The van der Waals surface area contributed by atoms with Crippen molar-refractivity contribution in [2.45, 2.75) is 46.2 Å². The van der Waals surface area contributed by atoms with Crippen LogP contribution in [0.15, 0.2) is 24.3 Å². The summed E-state index contributed by atoms with van der Waals surface area (Å²) >= 11 is 0. The van der Waals surface area contributed by atoms with E-state index in [-0.39, 0.29) is 0 Å². The molecular weight excluding hydrogens is 244 g/mol. The Hall–Kier alpha value is -0.860. The van der Waals surface area contributed by atoms with Crippen molar-refractivity contribution < 1.29 is 0 Å². The Morgan fingerprint density at radius 2 is 2.00 bits per heavy atom. The van der Waals surface area contributed by atoms with Crippen LogP contribution in [-0.4, -0.2) is 25.0 Å². The van der Waals surface area contributed by atoms with Gasteiger partial charge in [0.25, 0.3) is 0 Å². The molecule has 1 atom stereocenters. The third kappa shape index (κ3) is 4.60. The summed E-state index contributed by atoms with van der Waals surface area (Å²) < 4.78 is 0. The number of hydrogen-bond acceptors (Lipinski definition) is 2. The van der Waals surface area contributed by atoms with Gasteiger partial charge in [0.1, 0.15) is 0 Å². The molecule has 0 amide bonds. The molecule has 0 aliphatic carbocycles. The van der Waals surface area contributed by atoms with Gasteiger partial charge in [0, 0.05) is 13.1 Å². The van der Waals surface area contributed by atoms with E-state index in [0.717, 1.165) is 24.9 Å². The minimum Gasteiger partial charge on any atom is -0.316 e. The lowest BCUT2D eigenvalue weighted by Crippen LogP contribution is -2.24. The molecule has 2 nitrogen and oxygen atoms in total. The molecule has 1 unspecified atom stereocenters. The molecule has 0 aromatic heterocycles. The largest absolute Gasteiger partial charge is 0.316 e. The molecule has 2 heteroatoms. The van der Waals surface area contributed by atoms with Gasteiger partial charge >= 0.3 is 0 Å². The minimum absolute atomic E-state index is 0.842. The molecule has 1 aliphatic heterocycles. The molecule has 1 aromatic carbocycles. The summed E-state index contributed by atoms with van der Waals surface area (Å²) in [4.78, 5) is 2.64. The summed E-state index contributed by atoms with van der Waals surface area (Å²) in [6.07, 6.45) is 4.14. The fourth-order valence-corrected chi connectivity index (χ4v) is 3.31. The van der Waals surface area contributed by atoms with Crippen molar-refractivity contribution in [1.82, 2.24) is 10.2 Å². The molecule has 1 saturated heterocycles. The van der Waals surface area contributed by atoms with Gasteiger partial charge in [0.15, 0.2) is 0 Å². The Morgan fingerprint density at radius 3 is 2.75 bits per heavy atom. The van der Waals surface area contributed by atoms with E-state index in [1.54, 1.807) is 0 Å². The highest BCUT2D eigenvalue weighted by atomic mass is 15.1. The minimum atomic E-state index is 0.842. The van der Waals surface area contributed by atoms with Gasteiger partial charge in [-0.3, -0.25) is 4.90 Å². The first kappa shape index (κ1) is 15.5. The van der Waals surface area contributed by atoms with Gasteiger partial charge < -0.3 is 5.32 Å². The number of nitrogens with zero attached hydrogens (tertiary/aromatic N) is 1. The van der Waals surface area contributed by atoms with Gasteiger partial charge in [-0.2, -0.15) is 0 Å². The van der Waals surface area contributed by atoms with Crippen LogP contribution in [0.1, 0.15) is 44.2 Å². The number of hydrogen-bond donors (Lipinski definition) is 1. The maximum atomic E-state index is 3.23. The molecule has 1 N–H and O–H groups in total. The highest BCUT2D eigenvalue weighted by molar-refractivity contribution is 5.23. The maximum Gasteiger partial charge on any atom is 0.0233 e. The van der Waals surface area contributed by atoms with Gasteiger partial charge in [-0.15, -0.1) is 0 Å². The van der Waals surface area contributed by atoms with E-state index < -0.39 is 0 Å². The van der Waals surface area contributed by atoms with Crippen LogP contribution in [0.3, 0.4) is 0 Å². The van der Waals surface area contributed by atoms with Crippen LogP contribution >= 0.6 is 0 Å². The lowest BCUT2D eigenvalue weighted by atomic mass is 9.89. The van der Waals surface area contributed by atoms with Crippen molar-refractivity contribution in [1.29, 1.82) is 0 Å². The van der Waals surface area contributed by atoms with Crippen LogP contribution < -0.4 is 5.32 Å². The fraction of sp³-hybridized carbons (Fsp3) is 0.667. The molecule has 0 spiro atoms. The van der Waals surface area contributed by atoms with Crippen molar-refractivity contribution in [2.24, 2.45) is 11.8 Å². The smallest absolute Gasteiger partial charge is 0.0233 e. The standard InChI is InChI=1S/C18H30N2/c1-15(2)18-8-5-10-20(11-9-18)14-17-7-4-6-16(12-17)13-19-3/h4,6-7,12,15,18-19H,5,8-11,13-14H2,1-3H3. The van der Waals surface area contributed by atoms with Crippen molar-refractivity contribution >= 4 is 0 Å². The molecule has 0 radical (unpaired) electrons. The van der Waals surface area contributed by atoms with Crippen molar-refractivity contribution in [3.8, 4) is 0 Å². The SMILES string of the molecule is CNCc1cccc(CN2CCCC(C(C)C)CC2)c1. The fourth-order valence-electron chi connectivity index (χ4n) is 3.31.